The second-order valence-corrected chi connectivity index (χ2v) is 9.40. The van der Waals surface area contributed by atoms with Crippen LogP contribution >= 0.6 is 0 Å². The number of para-hydroxylation sites is 1. The topological polar surface area (TPSA) is 82.2 Å². The number of benzene rings is 2. The number of ether oxygens (including phenoxy) is 4. The van der Waals surface area contributed by atoms with Gasteiger partial charge in [-0.15, -0.1) is 0 Å². The fourth-order valence-electron chi connectivity index (χ4n) is 4.64. The van der Waals surface area contributed by atoms with E-state index in [0.29, 0.717) is 42.5 Å². The van der Waals surface area contributed by atoms with Crippen LogP contribution in [0.25, 0.3) is 10.9 Å². The van der Waals surface area contributed by atoms with Gasteiger partial charge in [-0.2, -0.15) is 0 Å². The molecule has 0 unspecified atom stereocenters. The minimum absolute atomic E-state index is 0.0330. The predicted octanol–water partition coefficient (Wildman–Crippen LogP) is 4.42. The second kappa shape index (κ2) is 13.4. The van der Waals surface area contributed by atoms with Gasteiger partial charge in [0.1, 0.15) is 29.3 Å². The van der Waals surface area contributed by atoms with E-state index in [4.69, 9.17) is 23.9 Å². The summed E-state index contributed by atoms with van der Waals surface area (Å²) >= 11 is 0. The van der Waals surface area contributed by atoms with E-state index in [1.54, 1.807) is 13.2 Å². The van der Waals surface area contributed by atoms with E-state index in [1.807, 2.05) is 67.3 Å². The summed E-state index contributed by atoms with van der Waals surface area (Å²) in [5.41, 5.74) is 1.96. The lowest BCUT2D eigenvalue weighted by Crippen LogP contribution is -2.51. The number of carbonyl (C=O) groups is 1. The average molecular weight is 508 g/mol. The van der Waals surface area contributed by atoms with Crippen LogP contribution in [0.2, 0.25) is 0 Å². The molecule has 1 atom stereocenters. The summed E-state index contributed by atoms with van der Waals surface area (Å²) in [6.45, 7) is 7.13. The van der Waals surface area contributed by atoms with Crippen LogP contribution in [0, 0.1) is 0 Å². The van der Waals surface area contributed by atoms with Crippen molar-refractivity contribution in [2.45, 2.75) is 45.4 Å². The highest BCUT2D eigenvalue weighted by Gasteiger charge is 2.30. The molecule has 4 rings (SSSR count). The van der Waals surface area contributed by atoms with E-state index >= 15 is 0 Å². The van der Waals surface area contributed by atoms with E-state index in [9.17, 15) is 4.79 Å². The molecule has 1 amide bonds. The van der Waals surface area contributed by atoms with Crippen LogP contribution in [0.1, 0.15) is 42.7 Å². The van der Waals surface area contributed by atoms with Gasteiger partial charge in [0, 0.05) is 37.2 Å². The molecule has 0 spiro atoms. The molecular formula is C29H37N3O5. The predicted molar refractivity (Wildman–Crippen MR) is 143 cm³/mol. The lowest BCUT2D eigenvalue weighted by Gasteiger charge is -2.37. The number of amides is 1. The first kappa shape index (κ1) is 26.9. The fourth-order valence-corrected chi connectivity index (χ4v) is 4.64. The second-order valence-electron chi connectivity index (χ2n) is 9.40. The van der Waals surface area contributed by atoms with Gasteiger partial charge in [0.15, 0.2) is 6.79 Å². The van der Waals surface area contributed by atoms with Crippen LogP contribution in [0.5, 0.6) is 11.5 Å². The third-order valence-corrected chi connectivity index (χ3v) is 6.39. The molecule has 1 saturated heterocycles. The van der Waals surface area contributed by atoms with Gasteiger partial charge in [0.25, 0.3) is 5.91 Å². The molecule has 198 valence electrons. The lowest BCUT2D eigenvalue weighted by atomic mass is 10.0. The summed E-state index contributed by atoms with van der Waals surface area (Å²) in [4.78, 5) is 20.6. The maximum absolute atomic E-state index is 13.8. The number of methoxy groups -OCH3 is 1. The first-order valence-electron chi connectivity index (χ1n) is 12.9. The molecule has 1 aromatic heterocycles. The standard InChI is InChI=1S/C29H37N3O5/c1-21(2)32(23-11-8-14-30-18-23)29(33)25-17-27(36-16-15-34-3)24-12-7-13-26(28(24)31-25)37-20-35-19-22-9-5-4-6-10-22/h4-7,9-10,12-13,17,21,23,30H,8,11,14-16,18-20H2,1-3H3/t23-/m1/s1. The number of aromatic nitrogens is 1. The zero-order chi connectivity index (χ0) is 26.0. The van der Waals surface area contributed by atoms with E-state index < -0.39 is 0 Å². The van der Waals surface area contributed by atoms with Gasteiger partial charge in [-0.1, -0.05) is 36.4 Å². The van der Waals surface area contributed by atoms with Crippen molar-refractivity contribution in [3.63, 3.8) is 0 Å². The van der Waals surface area contributed by atoms with Gasteiger partial charge in [-0.25, -0.2) is 4.98 Å². The molecule has 8 heteroatoms. The minimum Gasteiger partial charge on any atom is -0.490 e. The molecule has 0 saturated carbocycles. The zero-order valence-corrected chi connectivity index (χ0v) is 21.9. The molecule has 1 N–H and O–H groups in total. The molecule has 37 heavy (non-hydrogen) atoms. The van der Waals surface area contributed by atoms with Gasteiger partial charge < -0.3 is 29.2 Å². The zero-order valence-electron chi connectivity index (χ0n) is 21.9. The number of nitrogens with zero attached hydrogens (tertiary/aromatic N) is 2. The molecule has 2 heterocycles. The molecule has 0 aliphatic carbocycles. The summed E-state index contributed by atoms with van der Waals surface area (Å²) in [7, 11) is 1.63. The lowest BCUT2D eigenvalue weighted by molar-refractivity contribution is 0.00578. The molecule has 1 aliphatic heterocycles. The molecular weight excluding hydrogens is 470 g/mol. The van der Waals surface area contributed by atoms with Crippen molar-refractivity contribution in [1.29, 1.82) is 0 Å². The summed E-state index contributed by atoms with van der Waals surface area (Å²) in [6, 6.07) is 17.5. The highest BCUT2D eigenvalue weighted by Crippen LogP contribution is 2.33. The van der Waals surface area contributed by atoms with Crippen molar-refractivity contribution >= 4 is 16.8 Å². The van der Waals surface area contributed by atoms with Crippen LogP contribution in [0.3, 0.4) is 0 Å². The van der Waals surface area contributed by atoms with Gasteiger partial charge in [0.2, 0.25) is 0 Å². The molecule has 1 fully saturated rings. The molecule has 2 aromatic carbocycles. The Morgan fingerprint density at radius 1 is 1.08 bits per heavy atom. The van der Waals surface area contributed by atoms with Gasteiger partial charge >= 0.3 is 0 Å². The van der Waals surface area contributed by atoms with E-state index in [-0.39, 0.29) is 24.8 Å². The first-order chi connectivity index (χ1) is 18.1. The molecule has 1 aliphatic rings. The van der Waals surface area contributed by atoms with E-state index in [2.05, 4.69) is 5.32 Å². The van der Waals surface area contributed by atoms with Crippen LogP contribution in [-0.4, -0.2) is 68.1 Å². The van der Waals surface area contributed by atoms with Crippen LogP contribution in [-0.2, 0) is 16.1 Å². The molecule has 0 radical (unpaired) electrons. The summed E-state index contributed by atoms with van der Waals surface area (Å²) in [6.07, 6.45) is 2.01. The van der Waals surface area contributed by atoms with E-state index in [1.165, 1.54) is 0 Å². The number of hydrogen-bond donors (Lipinski definition) is 1. The Balaban J connectivity index is 1.61. The monoisotopic (exact) mass is 507 g/mol. The largest absolute Gasteiger partial charge is 0.490 e. The maximum Gasteiger partial charge on any atom is 0.273 e. The fraction of sp³-hybridized carbons (Fsp3) is 0.448. The Bertz CT molecular complexity index is 1150. The number of fused-ring (bicyclic) bond motifs is 1. The van der Waals surface area contributed by atoms with Crippen molar-refractivity contribution in [2.75, 3.05) is 40.2 Å². The van der Waals surface area contributed by atoms with Gasteiger partial charge in [0.05, 0.1) is 13.2 Å². The van der Waals surface area contributed by atoms with Crippen molar-refractivity contribution in [1.82, 2.24) is 15.2 Å². The summed E-state index contributed by atoms with van der Waals surface area (Å²) in [5, 5.41) is 4.18. The van der Waals surface area contributed by atoms with Crippen molar-refractivity contribution in [3.8, 4) is 11.5 Å². The number of carbonyl (C=O) groups excluding carboxylic acids is 1. The minimum atomic E-state index is -0.114. The maximum atomic E-state index is 13.8. The smallest absolute Gasteiger partial charge is 0.273 e. The Morgan fingerprint density at radius 3 is 2.65 bits per heavy atom. The van der Waals surface area contributed by atoms with Crippen molar-refractivity contribution < 1.29 is 23.7 Å². The highest BCUT2D eigenvalue weighted by molar-refractivity contribution is 5.98. The third kappa shape index (κ3) is 6.97. The van der Waals surface area contributed by atoms with E-state index in [0.717, 1.165) is 36.9 Å². The highest BCUT2D eigenvalue weighted by atomic mass is 16.7. The first-order valence-corrected chi connectivity index (χ1v) is 12.9. The Morgan fingerprint density at radius 2 is 1.92 bits per heavy atom. The summed E-state index contributed by atoms with van der Waals surface area (Å²) < 4.78 is 22.9. The number of piperidine rings is 1. The Hall–Kier alpha value is -3.20. The molecule has 8 nitrogen and oxygen atoms in total. The van der Waals surface area contributed by atoms with Crippen molar-refractivity contribution in [2.24, 2.45) is 0 Å². The van der Waals surface area contributed by atoms with Gasteiger partial charge in [-0.05, 0) is 50.9 Å². The Labute approximate surface area is 218 Å². The number of rotatable bonds is 12. The average Bonchev–Trinajstić information content (AvgIpc) is 2.92. The Kier molecular flexibility index (Phi) is 9.71. The normalized spacial score (nSPS) is 15.6. The number of hydrogen-bond acceptors (Lipinski definition) is 7. The SMILES string of the molecule is COCCOc1cc(C(=O)N(C(C)C)[C@@H]2CCCNC2)nc2c(OCOCc3ccccc3)cccc12. The van der Waals surface area contributed by atoms with Gasteiger partial charge in [-0.3, -0.25) is 4.79 Å². The van der Waals surface area contributed by atoms with Crippen LogP contribution in [0.15, 0.2) is 54.6 Å². The molecule has 0 bridgehead atoms. The molecule has 3 aromatic rings. The summed E-state index contributed by atoms with van der Waals surface area (Å²) in [5.74, 6) is 0.996. The number of pyridine rings is 1. The van der Waals surface area contributed by atoms with Crippen LogP contribution < -0.4 is 14.8 Å². The van der Waals surface area contributed by atoms with Crippen LogP contribution in [0.4, 0.5) is 0 Å². The quantitative estimate of drug-likeness (QED) is 0.287. The third-order valence-electron chi connectivity index (χ3n) is 6.39. The number of nitrogens with one attached hydrogen (secondary N) is 1. The van der Waals surface area contributed by atoms with Crippen molar-refractivity contribution in [3.05, 3.63) is 65.9 Å².